The predicted octanol–water partition coefficient (Wildman–Crippen LogP) is 3.51. The summed E-state index contributed by atoms with van der Waals surface area (Å²) in [5.74, 6) is -0.908. The van der Waals surface area contributed by atoms with Crippen LogP contribution in [0, 0.1) is 5.82 Å². The van der Waals surface area contributed by atoms with Crippen LogP contribution in [0.1, 0.15) is 22.8 Å². The van der Waals surface area contributed by atoms with Crippen molar-refractivity contribution in [1.29, 1.82) is 0 Å². The van der Waals surface area contributed by atoms with E-state index in [0.29, 0.717) is 0 Å². The van der Waals surface area contributed by atoms with Crippen molar-refractivity contribution >= 4 is 28.9 Å². The molecule has 0 atom stereocenters. The highest BCUT2D eigenvalue weighted by atomic mass is 32.1. The van der Waals surface area contributed by atoms with Crippen LogP contribution in [0.4, 0.5) is 10.1 Å². The fourth-order valence-corrected chi connectivity index (χ4v) is 2.00. The molecule has 0 unspecified atom stereocenters. The minimum Gasteiger partial charge on any atom is -0.332 e. The average molecular weight is 302 g/mol. The van der Waals surface area contributed by atoms with E-state index in [9.17, 15) is 9.18 Å². The van der Waals surface area contributed by atoms with E-state index in [4.69, 9.17) is 12.2 Å². The lowest BCUT2D eigenvalue weighted by molar-refractivity contribution is 0.0977. The van der Waals surface area contributed by atoms with E-state index in [0.717, 1.165) is 18.2 Å². The number of hydrogen-bond donors (Lipinski definition) is 2. The number of aryl methyl sites for hydroxylation is 1. The molecule has 0 fully saturated rings. The highest BCUT2D eigenvalue weighted by molar-refractivity contribution is 7.80. The first-order valence-corrected chi connectivity index (χ1v) is 6.96. The Morgan fingerprint density at radius 1 is 1.19 bits per heavy atom. The number of benzene rings is 2. The number of rotatable bonds is 3. The Bertz CT molecular complexity index is 656. The van der Waals surface area contributed by atoms with Crippen molar-refractivity contribution < 1.29 is 9.18 Å². The summed E-state index contributed by atoms with van der Waals surface area (Å²) in [5.41, 5.74) is 2.23. The number of anilines is 1. The maximum absolute atomic E-state index is 13.1. The van der Waals surface area contributed by atoms with E-state index in [-0.39, 0.29) is 10.7 Å². The number of carbonyl (C=O) groups excluding carboxylic acids is 1. The van der Waals surface area contributed by atoms with Gasteiger partial charge in [-0.15, -0.1) is 0 Å². The van der Waals surface area contributed by atoms with Crippen LogP contribution in [-0.2, 0) is 6.42 Å². The molecular formula is C16H15FN2OS. The predicted molar refractivity (Wildman–Crippen MR) is 85.9 cm³/mol. The molecule has 0 spiro atoms. The molecule has 1 amide bonds. The second kappa shape index (κ2) is 6.95. The molecule has 0 aromatic heterocycles. The van der Waals surface area contributed by atoms with Gasteiger partial charge in [0.25, 0.3) is 5.91 Å². The van der Waals surface area contributed by atoms with Gasteiger partial charge < -0.3 is 5.32 Å². The van der Waals surface area contributed by atoms with Gasteiger partial charge in [0.2, 0.25) is 0 Å². The normalized spacial score (nSPS) is 10.0. The summed E-state index contributed by atoms with van der Waals surface area (Å²) in [6, 6.07) is 13.2. The van der Waals surface area contributed by atoms with Crippen LogP contribution in [0.5, 0.6) is 0 Å². The molecule has 2 N–H and O–H groups in total. The largest absolute Gasteiger partial charge is 0.332 e. The summed E-state index contributed by atoms with van der Waals surface area (Å²) in [6.07, 6.45) is 0.959. The molecule has 0 heterocycles. The van der Waals surface area contributed by atoms with Crippen LogP contribution in [0.2, 0.25) is 0 Å². The molecule has 21 heavy (non-hydrogen) atoms. The topological polar surface area (TPSA) is 41.1 Å². The molecule has 2 aromatic rings. The Kier molecular flexibility index (Phi) is 5.00. The Hall–Kier alpha value is -2.27. The number of nitrogens with one attached hydrogen (secondary N) is 2. The van der Waals surface area contributed by atoms with Gasteiger partial charge in [-0.05, 0) is 54.5 Å². The van der Waals surface area contributed by atoms with Gasteiger partial charge in [-0.25, -0.2) is 4.39 Å². The third-order valence-electron chi connectivity index (χ3n) is 2.93. The summed E-state index contributed by atoms with van der Waals surface area (Å²) >= 11 is 5.07. The van der Waals surface area contributed by atoms with Gasteiger partial charge in [0, 0.05) is 11.3 Å². The van der Waals surface area contributed by atoms with Crippen LogP contribution < -0.4 is 10.6 Å². The van der Waals surface area contributed by atoms with Gasteiger partial charge >= 0.3 is 0 Å². The van der Waals surface area contributed by atoms with Gasteiger partial charge in [0.15, 0.2) is 5.11 Å². The molecule has 0 aliphatic rings. The summed E-state index contributed by atoms with van der Waals surface area (Å²) in [7, 11) is 0. The second-order valence-corrected chi connectivity index (χ2v) is 4.88. The van der Waals surface area contributed by atoms with Crippen molar-refractivity contribution in [3.63, 3.8) is 0 Å². The fraction of sp³-hybridized carbons (Fsp3) is 0.125. The minimum absolute atomic E-state index is 0.175. The first kappa shape index (κ1) is 15.1. The van der Waals surface area contributed by atoms with Crippen molar-refractivity contribution in [3.05, 3.63) is 65.5 Å². The Morgan fingerprint density at radius 3 is 2.52 bits per heavy atom. The molecular weight excluding hydrogens is 287 g/mol. The molecule has 0 saturated carbocycles. The van der Waals surface area contributed by atoms with E-state index in [1.807, 2.05) is 24.3 Å². The van der Waals surface area contributed by atoms with Crippen LogP contribution >= 0.6 is 12.2 Å². The number of carbonyl (C=O) groups is 1. The summed E-state index contributed by atoms with van der Waals surface area (Å²) < 4.78 is 13.1. The van der Waals surface area contributed by atoms with Crippen molar-refractivity contribution in [3.8, 4) is 0 Å². The molecule has 0 aliphatic carbocycles. The first-order chi connectivity index (χ1) is 10.1. The maximum Gasteiger partial charge on any atom is 0.257 e. The van der Waals surface area contributed by atoms with Crippen LogP contribution in [-0.4, -0.2) is 11.0 Å². The van der Waals surface area contributed by atoms with E-state index >= 15 is 0 Å². The molecule has 0 bridgehead atoms. The lowest BCUT2D eigenvalue weighted by atomic mass is 10.1. The summed E-state index contributed by atoms with van der Waals surface area (Å²) in [4.78, 5) is 11.9. The molecule has 3 nitrogen and oxygen atoms in total. The van der Waals surface area contributed by atoms with Gasteiger partial charge in [-0.3, -0.25) is 10.1 Å². The SMILES string of the molecule is CCc1ccc(NC(=S)NC(=O)c2cccc(F)c2)cc1. The van der Waals surface area contributed by atoms with Gasteiger partial charge in [-0.2, -0.15) is 0 Å². The number of thiocarbonyl (C=S) groups is 1. The smallest absolute Gasteiger partial charge is 0.257 e. The van der Waals surface area contributed by atoms with E-state index < -0.39 is 11.7 Å². The second-order valence-electron chi connectivity index (χ2n) is 4.47. The Morgan fingerprint density at radius 2 is 1.90 bits per heavy atom. The zero-order valence-corrected chi connectivity index (χ0v) is 12.3. The molecule has 108 valence electrons. The molecule has 0 radical (unpaired) electrons. The Balaban J connectivity index is 1.96. The third kappa shape index (κ3) is 4.36. The standard InChI is InChI=1S/C16H15FN2OS/c1-2-11-6-8-14(9-7-11)18-16(21)19-15(20)12-4-3-5-13(17)10-12/h3-10H,2H2,1H3,(H2,18,19,20,21). The lowest BCUT2D eigenvalue weighted by Crippen LogP contribution is -2.34. The highest BCUT2D eigenvalue weighted by Gasteiger charge is 2.08. The molecule has 2 rings (SSSR count). The summed E-state index contributed by atoms with van der Waals surface area (Å²) in [6.45, 7) is 2.08. The minimum atomic E-state index is -0.461. The third-order valence-corrected chi connectivity index (χ3v) is 3.14. The highest BCUT2D eigenvalue weighted by Crippen LogP contribution is 2.10. The van der Waals surface area contributed by atoms with Gasteiger partial charge in [-0.1, -0.05) is 25.1 Å². The Labute approximate surface area is 128 Å². The zero-order valence-electron chi connectivity index (χ0n) is 11.5. The van der Waals surface area contributed by atoms with Crippen molar-refractivity contribution in [1.82, 2.24) is 5.32 Å². The van der Waals surface area contributed by atoms with E-state index in [1.165, 1.54) is 23.8 Å². The van der Waals surface area contributed by atoms with Crippen LogP contribution in [0.3, 0.4) is 0 Å². The monoisotopic (exact) mass is 302 g/mol. The lowest BCUT2D eigenvalue weighted by Gasteiger charge is -2.10. The molecule has 0 saturated heterocycles. The first-order valence-electron chi connectivity index (χ1n) is 6.55. The quantitative estimate of drug-likeness (QED) is 0.852. The van der Waals surface area contributed by atoms with E-state index in [1.54, 1.807) is 0 Å². The number of halogens is 1. The average Bonchev–Trinajstić information content (AvgIpc) is 2.48. The van der Waals surface area contributed by atoms with Crippen LogP contribution in [0.25, 0.3) is 0 Å². The molecule has 0 aliphatic heterocycles. The van der Waals surface area contributed by atoms with Crippen LogP contribution in [0.15, 0.2) is 48.5 Å². The maximum atomic E-state index is 13.1. The summed E-state index contributed by atoms with van der Waals surface area (Å²) in [5, 5.41) is 5.60. The van der Waals surface area contributed by atoms with Crippen molar-refractivity contribution in [2.45, 2.75) is 13.3 Å². The fourth-order valence-electron chi connectivity index (χ4n) is 1.79. The number of amides is 1. The number of hydrogen-bond acceptors (Lipinski definition) is 2. The van der Waals surface area contributed by atoms with Crippen molar-refractivity contribution in [2.75, 3.05) is 5.32 Å². The molecule has 2 aromatic carbocycles. The van der Waals surface area contributed by atoms with Gasteiger partial charge in [0.05, 0.1) is 0 Å². The zero-order chi connectivity index (χ0) is 15.2. The van der Waals surface area contributed by atoms with Gasteiger partial charge in [0.1, 0.15) is 5.82 Å². The van der Waals surface area contributed by atoms with Crippen molar-refractivity contribution in [2.24, 2.45) is 0 Å². The van der Waals surface area contributed by atoms with E-state index in [2.05, 4.69) is 17.6 Å². The molecule has 5 heteroatoms.